The van der Waals surface area contributed by atoms with Crippen molar-refractivity contribution in [3.63, 3.8) is 0 Å². The van der Waals surface area contributed by atoms with Crippen LogP contribution in [0.2, 0.25) is 0 Å². The Morgan fingerprint density at radius 3 is 2.17 bits per heavy atom. The van der Waals surface area contributed by atoms with E-state index in [1.54, 1.807) is 6.33 Å². The lowest BCUT2D eigenvalue weighted by molar-refractivity contribution is 0.461. The molecule has 0 N–H and O–H groups in total. The van der Waals surface area contributed by atoms with Crippen LogP contribution in [0, 0.1) is 12.3 Å². The molecule has 1 fully saturated rings. The van der Waals surface area contributed by atoms with Gasteiger partial charge in [-0.05, 0) is 42.2 Å². The summed E-state index contributed by atoms with van der Waals surface area (Å²) >= 11 is 0. The van der Waals surface area contributed by atoms with Crippen LogP contribution < -0.4 is 0 Å². The number of hydrogen-bond acceptors (Lipinski definition) is 2. The molecule has 1 aromatic carbocycles. The van der Waals surface area contributed by atoms with Gasteiger partial charge < -0.3 is 0 Å². The summed E-state index contributed by atoms with van der Waals surface area (Å²) in [4.78, 5) is 8.68. The van der Waals surface area contributed by atoms with Crippen LogP contribution in [0.3, 0.4) is 0 Å². The summed E-state index contributed by atoms with van der Waals surface area (Å²) in [6.07, 6.45) is 4.15. The first-order valence-electron chi connectivity index (χ1n) is 9.39. The summed E-state index contributed by atoms with van der Waals surface area (Å²) in [6.45, 7) is 17.1. The smallest absolute Gasteiger partial charge is 0.116 e. The predicted octanol–water partition coefficient (Wildman–Crippen LogP) is 6.58. The maximum absolute atomic E-state index is 4.47. The summed E-state index contributed by atoms with van der Waals surface area (Å²) in [6, 6.07) is 10.8. The summed E-state index contributed by atoms with van der Waals surface area (Å²) in [7, 11) is 0. The first-order chi connectivity index (χ1) is 11.5. The van der Waals surface area contributed by atoms with Crippen molar-refractivity contribution >= 4 is 0 Å². The average molecular weight is 327 g/mol. The molecule has 2 heteroatoms. The van der Waals surface area contributed by atoms with Crippen molar-refractivity contribution in [2.75, 3.05) is 0 Å². The Balaban J connectivity index is 0.000000671. The van der Waals surface area contributed by atoms with Crippen LogP contribution in [-0.4, -0.2) is 9.97 Å². The molecule has 1 saturated carbocycles. The summed E-state index contributed by atoms with van der Waals surface area (Å²) < 4.78 is 0. The van der Waals surface area contributed by atoms with E-state index in [-0.39, 0.29) is 5.41 Å². The van der Waals surface area contributed by atoms with Crippen molar-refractivity contribution in [3.8, 4) is 11.3 Å². The minimum Gasteiger partial charge on any atom is -0.242 e. The van der Waals surface area contributed by atoms with Gasteiger partial charge in [0.05, 0.1) is 5.69 Å². The molecule has 1 aliphatic rings. The van der Waals surface area contributed by atoms with E-state index in [4.69, 9.17) is 0 Å². The van der Waals surface area contributed by atoms with E-state index in [2.05, 4.69) is 61.1 Å². The second kappa shape index (κ2) is 8.41. The topological polar surface area (TPSA) is 25.8 Å². The average Bonchev–Trinajstić information content (AvgIpc) is 3.22. The normalized spacial score (nSPS) is 24.2. The number of rotatable bonds is 3. The molecule has 2 nitrogen and oxygen atoms in total. The Kier molecular flexibility index (Phi) is 7.13. The highest BCUT2D eigenvalue weighted by Crippen LogP contribution is 2.67. The van der Waals surface area contributed by atoms with E-state index in [0.29, 0.717) is 5.41 Å². The number of nitrogens with zero attached hydrogens (tertiary/aromatic N) is 2. The van der Waals surface area contributed by atoms with Crippen molar-refractivity contribution in [1.29, 1.82) is 0 Å². The van der Waals surface area contributed by atoms with E-state index in [1.807, 2.05) is 34.6 Å². The van der Waals surface area contributed by atoms with Gasteiger partial charge in [-0.3, -0.25) is 0 Å². The Labute approximate surface area is 148 Å². The molecule has 0 aliphatic heterocycles. The van der Waals surface area contributed by atoms with Crippen LogP contribution >= 0.6 is 0 Å². The highest BCUT2D eigenvalue weighted by molar-refractivity contribution is 5.67. The van der Waals surface area contributed by atoms with Gasteiger partial charge in [-0.25, -0.2) is 9.97 Å². The first kappa shape index (κ1) is 20.3. The largest absolute Gasteiger partial charge is 0.242 e. The van der Waals surface area contributed by atoms with Crippen LogP contribution in [-0.2, 0) is 5.41 Å². The molecule has 0 spiro atoms. The molecule has 1 unspecified atom stereocenters. The maximum atomic E-state index is 4.47. The molecule has 0 saturated heterocycles. The van der Waals surface area contributed by atoms with E-state index >= 15 is 0 Å². The Morgan fingerprint density at radius 1 is 1.00 bits per heavy atom. The zero-order valence-electron chi connectivity index (χ0n) is 16.8. The molecular formula is C22H34N2. The van der Waals surface area contributed by atoms with Crippen LogP contribution in [0.15, 0.2) is 36.7 Å². The van der Waals surface area contributed by atoms with Crippen LogP contribution in [0.25, 0.3) is 11.3 Å². The minimum absolute atomic E-state index is 0.275. The predicted molar refractivity (Wildman–Crippen MR) is 105 cm³/mol. The Bertz CT molecular complexity index is 650. The number of aryl methyl sites for hydroxylation is 1. The number of benzene rings is 1. The second-order valence-corrected chi connectivity index (χ2v) is 6.51. The molecule has 2 aromatic rings. The van der Waals surface area contributed by atoms with Gasteiger partial charge in [-0.1, -0.05) is 72.7 Å². The standard InChI is InChI=1S/C18H22N2.2C2H6/c1-5-17(3)11-18(17,4)15-9-7-6-8-14(15)16-10-13(2)19-12-20-16;2*1-2/h6-10,12H,5,11H2,1-4H3;2*1-2H3/t17-,18?;;/m1../s1. The van der Waals surface area contributed by atoms with Crippen molar-refractivity contribution in [2.45, 2.75) is 73.6 Å². The van der Waals surface area contributed by atoms with Crippen molar-refractivity contribution < 1.29 is 0 Å². The molecular weight excluding hydrogens is 292 g/mol. The lowest BCUT2D eigenvalue weighted by Gasteiger charge is -2.21. The van der Waals surface area contributed by atoms with Gasteiger partial charge in [-0.15, -0.1) is 0 Å². The molecule has 0 radical (unpaired) electrons. The van der Waals surface area contributed by atoms with Gasteiger partial charge in [0, 0.05) is 11.3 Å². The molecule has 2 atom stereocenters. The fourth-order valence-corrected chi connectivity index (χ4v) is 3.46. The number of aromatic nitrogens is 2. The van der Waals surface area contributed by atoms with Crippen molar-refractivity contribution in [1.82, 2.24) is 9.97 Å². The van der Waals surface area contributed by atoms with Crippen LogP contribution in [0.4, 0.5) is 0 Å². The first-order valence-corrected chi connectivity index (χ1v) is 9.39. The third-order valence-corrected chi connectivity index (χ3v) is 5.33. The molecule has 1 heterocycles. The zero-order valence-corrected chi connectivity index (χ0v) is 16.8. The van der Waals surface area contributed by atoms with E-state index in [1.165, 1.54) is 24.0 Å². The fourth-order valence-electron chi connectivity index (χ4n) is 3.46. The zero-order chi connectivity index (χ0) is 18.4. The van der Waals surface area contributed by atoms with Crippen LogP contribution in [0.5, 0.6) is 0 Å². The lowest BCUT2D eigenvalue weighted by atomic mass is 9.84. The molecule has 0 bridgehead atoms. The third kappa shape index (κ3) is 3.68. The summed E-state index contributed by atoms with van der Waals surface area (Å²) in [5.41, 5.74) is 5.45. The van der Waals surface area contributed by atoms with Gasteiger partial charge >= 0.3 is 0 Å². The monoisotopic (exact) mass is 326 g/mol. The maximum Gasteiger partial charge on any atom is 0.116 e. The molecule has 24 heavy (non-hydrogen) atoms. The van der Waals surface area contributed by atoms with Gasteiger partial charge in [0.15, 0.2) is 0 Å². The Morgan fingerprint density at radius 2 is 1.62 bits per heavy atom. The highest BCUT2D eigenvalue weighted by atomic mass is 14.8. The second-order valence-electron chi connectivity index (χ2n) is 6.51. The minimum atomic E-state index is 0.275. The SMILES string of the molecule is CC.CC.CC[C@]1(C)CC1(C)c1ccccc1-c1cc(C)ncn1. The molecule has 1 aromatic heterocycles. The van der Waals surface area contributed by atoms with E-state index < -0.39 is 0 Å². The molecule has 132 valence electrons. The Hall–Kier alpha value is -1.70. The molecule has 1 aliphatic carbocycles. The van der Waals surface area contributed by atoms with Crippen molar-refractivity contribution in [3.05, 3.63) is 47.9 Å². The third-order valence-electron chi connectivity index (χ3n) is 5.33. The fraction of sp³-hybridized carbons (Fsp3) is 0.545. The molecule has 0 amide bonds. The van der Waals surface area contributed by atoms with Gasteiger partial charge in [0.1, 0.15) is 6.33 Å². The summed E-state index contributed by atoms with van der Waals surface area (Å²) in [5.74, 6) is 0. The van der Waals surface area contributed by atoms with Crippen molar-refractivity contribution in [2.24, 2.45) is 5.41 Å². The van der Waals surface area contributed by atoms with Gasteiger partial charge in [0.2, 0.25) is 0 Å². The lowest BCUT2D eigenvalue weighted by Crippen LogP contribution is -2.13. The van der Waals surface area contributed by atoms with Gasteiger partial charge in [0.25, 0.3) is 0 Å². The van der Waals surface area contributed by atoms with Crippen LogP contribution in [0.1, 0.15) is 72.6 Å². The van der Waals surface area contributed by atoms with E-state index in [0.717, 1.165) is 11.4 Å². The van der Waals surface area contributed by atoms with E-state index in [9.17, 15) is 0 Å². The summed E-state index contributed by atoms with van der Waals surface area (Å²) in [5, 5.41) is 0. The molecule has 3 rings (SSSR count). The highest BCUT2D eigenvalue weighted by Gasteiger charge is 2.60. The quantitative estimate of drug-likeness (QED) is 0.636. The van der Waals surface area contributed by atoms with Gasteiger partial charge in [-0.2, -0.15) is 0 Å². The number of hydrogen-bond donors (Lipinski definition) is 0.